The highest BCUT2D eigenvalue weighted by atomic mass is 32.2. The van der Waals surface area contributed by atoms with Crippen LogP contribution in [-0.2, 0) is 13.5 Å². The summed E-state index contributed by atoms with van der Waals surface area (Å²) in [6.45, 7) is 0.790. The summed E-state index contributed by atoms with van der Waals surface area (Å²) in [6.07, 6.45) is 6.74. The summed E-state index contributed by atoms with van der Waals surface area (Å²) in [5, 5.41) is 16.7. The minimum absolute atomic E-state index is 0.723. The Labute approximate surface area is 117 Å². The van der Waals surface area contributed by atoms with Crippen molar-refractivity contribution in [2.75, 3.05) is 18.1 Å². The predicted octanol–water partition coefficient (Wildman–Crippen LogP) is 2.67. The molecule has 1 N–H and O–H groups in total. The van der Waals surface area contributed by atoms with Crippen molar-refractivity contribution in [3.05, 3.63) is 41.7 Å². The number of hydrogen-bond donors (Lipinski definition) is 1. The Hall–Kier alpha value is -1.93. The van der Waals surface area contributed by atoms with Crippen molar-refractivity contribution in [1.29, 1.82) is 5.26 Å². The first-order valence-corrected chi connectivity index (χ1v) is 7.25. The van der Waals surface area contributed by atoms with Crippen LogP contribution in [0.1, 0.15) is 11.1 Å². The van der Waals surface area contributed by atoms with Crippen molar-refractivity contribution >= 4 is 17.4 Å². The van der Waals surface area contributed by atoms with E-state index in [1.165, 1.54) is 5.56 Å². The Kier molecular flexibility index (Phi) is 4.48. The highest BCUT2D eigenvalue weighted by Crippen LogP contribution is 2.26. The number of benzene rings is 1. The fraction of sp³-hybridized carbons (Fsp3) is 0.286. The quantitative estimate of drug-likeness (QED) is 0.850. The van der Waals surface area contributed by atoms with Crippen LogP contribution in [0, 0.1) is 11.3 Å². The van der Waals surface area contributed by atoms with Gasteiger partial charge in [0.15, 0.2) is 0 Å². The summed E-state index contributed by atoms with van der Waals surface area (Å²) in [6, 6.07) is 8.15. The first kappa shape index (κ1) is 13.5. The predicted molar refractivity (Wildman–Crippen MR) is 78.3 cm³/mol. The van der Waals surface area contributed by atoms with Gasteiger partial charge in [0, 0.05) is 24.7 Å². The molecule has 0 spiro atoms. The zero-order chi connectivity index (χ0) is 13.7. The summed E-state index contributed by atoms with van der Waals surface area (Å²) >= 11 is 1.59. The molecule has 0 atom stereocenters. The molecule has 2 aromatic rings. The Bertz CT molecular complexity index is 598. The first-order valence-electron chi connectivity index (χ1n) is 6.03. The average Bonchev–Trinajstić information content (AvgIpc) is 2.84. The lowest BCUT2D eigenvalue weighted by molar-refractivity contribution is 0.767. The van der Waals surface area contributed by atoms with E-state index < -0.39 is 0 Å². The van der Waals surface area contributed by atoms with Gasteiger partial charge in [-0.05, 0) is 30.4 Å². The standard InChI is InChI=1S/C14H16N4S/c1-18-10-11(9-17-18)6-7-16-13-4-3-5-14(19-2)12(13)8-15/h3-5,9-10,16H,6-7H2,1-2H3. The summed E-state index contributed by atoms with van der Waals surface area (Å²) in [4.78, 5) is 1.01. The van der Waals surface area contributed by atoms with E-state index in [2.05, 4.69) is 16.5 Å². The van der Waals surface area contributed by atoms with E-state index in [0.29, 0.717) is 0 Å². The third-order valence-electron chi connectivity index (χ3n) is 2.85. The largest absolute Gasteiger partial charge is 0.384 e. The minimum atomic E-state index is 0.723. The van der Waals surface area contributed by atoms with Crippen LogP contribution in [0.2, 0.25) is 0 Å². The molecule has 19 heavy (non-hydrogen) atoms. The number of nitriles is 1. The normalized spacial score (nSPS) is 10.2. The molecule has 0 fully saturated rings. The maximum Gasteiger partial charge on any atom is 0.102 e. The van der Waals surface area contributed by atoms with E-state index in [9.17, 15) is 5.26 Å². The van der Waals surface area contributed by atoms with Crippen LogP contribution in [0.15, 0.2) is 35.5 Å². The molecule has 1 aromatic carbocycles. The van der Waals surface area contributed by atoms with E-state index in [1.54, 1.807) is 16.4 Å². The molecule has 0 unspecified atom stereocenters. The molecule has 0 aliphatic rings. The number of rotatable bonds is 5. The third kappa shape index (κ3) is 3.30. The van der Waals surface area contributed by atoms with E-state index >= 15 is 0 Å². The van der Waals surface area contributed by atoms with Gasteiger partial charge in [0.25, 0.3) is 0 Å². The molecule has 1 aromatic heterocycles. The van der Waals surface area contributed by atoms with Crippen molar-refractivity contribution in [1.82, 2.24) is 9.78 Å². The maximum atomic E-state index is 9.23. The van der Waals surface area contributed by atoms with Crippen LogP contribution in [0.4, 0.5) is 5.69 Å². The molecule has 0 radical (unpaired) electrons. The van der Waals surface area contributed by atoms with Crippen LogP contribution in [0.25, 0.3) is 0 Å². The fourth-order valence-electron chi connectivity index (χ4n) is 1.91. The number of aromatic nitrogens is 2. The monoisotopic (exact) mass is 272 g/mol. The molecule has 4 nitrogen and oxygen atoms in total. The molecule has 98 valence electrons. The van der Waals surface area contributed by atoms with Gasteiger partial charge < -0.3 is 5.32 Å². The number of aryl methyl sites for hydroxylation is 1. The van der Waals surface area contributed by atoms with Crippen LogP contribution >= 0.6 is 11.8 Å². The summed E-state index contributed by atoms with van der Waals surface area (Å²) in [7, 11) is 1.91. The summed E-state index contributed by atoms with van der Waals surface area (Å²) in [5.74, 6) is 0. The minimum Gasteiger partial charge on any atom is -0.384 e. The second kappa shape index (κ2) is 6.30. The second-order valence-electron chi connectivity index (χ2n) is 4.19. The van der Waals surface area contributed by atoms with Gasteiger partial charge >= 0.3 is 0 Å². The molecule has 0 saturated heterocycles. The molecule has 1 heterocycles. The van der Waals surface area contributed by atoms with Crippen LogP contribution in [0.3, 0.4) is 0 Å². The van der Waals surface area contributed by atoms with Crippen LogP contribution < -0.4 is 5.32 Å². The highest BCUT2D eigenvalue weighted by molar-refractivity contribution is 7.98. The molecular weight excluding hydrogens is 256 g/mol. The summed E-state index contributed by atoms with van der Waals surface area (Å²) < 4.78 is 1.80. The van der Waals surface area contributed by atoms with Gasteiger partial charge in [0.1, 0.15) is 6.07 Å². The third-order valence-corrected chi connectivity index (χ3v) is 3.63. The molecule has 0 aliphatic carbocycles. The van der Waals surface area contributed by atoms with Crippen molar-refractivity contribution in [2.24, 2.45) is 7.05 Å². The average molecular weight is 272 g/mol. The molecule has 0 aliphatic heterocycles. The molecule has 2 rings (SSSR count). The number of nitrogens with one attached hydrogen (secondary N) is 1. The smallest absolute Gasteiger partial charge is 0.102 e. The van der Waals surface area contributed by atoms with Crippen LogP contribution in [0.5, 0.6) is 0 Å². The first-order chi connectivity index (χ1) is 9.24. The van der Waals surface area contributed by atoms with Gasteiger partial charge in [-0.1, -0.05) is 6.07 Å². The molecule has 0 saturated carbocycles. The molecule has 0 bridgehead atoms. The van der Waals surface area contributed by atoms with Gasteiger partial charge in [-0.2, -0.15) is 10.4 Å². The molecule has 5 heteroatoms. The zero-order valence-corrected chi connectivity index (χ0v) is 11.9. The van der Waals surface area contributed by atoms with Gasteiger partial charge in [-0.3, -0.25) is 4.68 Å². The number of hydrogen-bond acceptors (Lipinski definition) is 4. The van der Waals surface area contributed by atoms with Gasteiger partial charge in [0.2, 0.25) is 0 Å². The second-order valence-corrected chi connectivity index (χ2v) is 5.04. The van der Waals surface area contributed by atoms with E-state index in [-0.39, 0.29) is 0 Å². The summed E-state index contributed by atoms with van der Waals surface area (Å²) in [5.41, 5.74) is 2.81. The van der Waals surface area contributed by atoms with E-state index in [0.717, 1.165) is 29.1 Å². The Morgan fingerprint density at radius 3 is 2.95 bits per heavy atom. The Morgan fingerprint density at radius 2 is 2.32 bits per heavy atom. The van der Waals surface area contributed by atoms with Gasteiger partial charge in [-0.25, -0.2) is 0 Å². The van der Waals surface area contributed by atoms with E-state index in [1.807, 2.05) is 43.9 Å². The molecule has 0 amide bonds. The lowest BCUT2D eigenvalue weighted by Gasteiger charge is -2.09. The maximum absolute atomic E-state index is 9.23. The fourth-order valence-corrected chi connectivity index (χ4v) is 2.48. The van der Waals surface area contributed by atoms with Gasteiger partial charge in [0.05, 0.1) is 17.4 Å². The van der Waals surface area contributed by atoms with Crippen molar-refractivity contribution in [3.63, 3.8) is 0 Å². The van der Waals surface area contributed by atoms with Crippen LogP contribution in [-0.4, -0.2) is 22.6 Å². The zero-order valence-electron chi connectivity index (χ0n) is 11.1. The lowest BCUT2D eigenvalue weighted by atomic mass is 10.2. The Morgan fingerprint density at radius 1 is 1.47 bits per heavy atom. The molecular formula is C14H16N4S. The van der Waals surface area contributed by atoms with Crippen molar-refractivity contribution < 1.29 is 0 Å². The number of thioether (sulfide) groups is 1. The lowest BCUT2D eigenvalue weighted by Crippen LogP contribution is -2.06. The van der Waals surface area contributed by atoms with Crippen molar-refractivity contribution in [2.45, 2.75) is 11.3 Å². The topological polar surface area (TPSA) is 53.6 Å². The SMILES string of the molecule is CSc1cccc(NCCc2cnn(C)c2)c1C#N. The Balaban J connectivity index is 2.02. The van der Waals surface area contributed by atoms with E-state index in [4.69, 9.17) is 0 Å². The highest BCUT2D eigenvalue weighted by Gasteiger charge is 2.06. The van der Waals surface area contributed by atoms with Gasteiger partial charge in [-0.15, -0.1) is 11.8 Å². The number of nitrogens with zero attached hydrogens (tertiary/aromatic N) is 3. The number of anilines is 1. The van der Waals surface area contributed by atoms with Crippen molar-refractivity contribution in [3.8, 4) is 6.07 Å².